The zero-order valence-corrected chi connectivity index (χ0v) is 14.0. The number of nitrogens with zero attached hydrogens (tertiary/aromatic N) is 1. The second kappa shape index (κ2) is 6.76. The third kappa shape index (κ3) is 3.66. The number of hydrogen-bond donors (Lipinski definition) is 2. The number of anilines is 1. The van der Waals surface area contributed by atoms with Crippen molar-refractivity contribution in [1.29, 1.82) is 0 Å². The van der Waals surface area contributed by atoms with Crippen molar-refractivity contribution in [3.8, 4) is 5.75 Å². The SMILES string of the molecule is O=C1COc2cc(S(=O)(=O)NCCc3ccccn3)c(Cl)cc2N1. The molecule has 2 heterocycles. The third-order valence-electron chi connectivity index (χ3n) is 3.36. The number of carbonyl (C=O) groups excluding carboxylic acids is 1. The molecule has 3 rings (SSSR count). The van der Waals surface area contributed by atoms with Gasteiger partial charge in [-0.3, -0.25) is 9.78 Å². The Morgan fingerprint density at radius 2 is 2.17 bits per heavy atom. The number of nitrogens with one attached hydrogen (secondary N) is 2. The van der Waals surface area contributed by atoms with E-state index in [1.54, 1.807) is 12.3 Å². The fourth-order valence-corrected chi connectivity index (χ4v) is 3.80. The normalized spacial score (nSPS) is 13.8. The Hall–Kier alpha value is -2.16. The lowest BCUT2D eigenvalue weighted by atomic mass is 10.2. The lowest BCUT2D eigenvalue weighted by Crippen LogP contribution is -2.28. The van der Waals surface area contributed by atoms with E-state index in [9.17, 15) is 13.2 Å². The lowest BCUT2D eigenvalue weighted by molar-refractivity contribution is -0.118. The quantitative estimate of drug-likeness (QED) is 0.836. The monoisotopic (exact) mass is 367 g/mol. The number of hydrogen-bond acceptors (Lipinski definition) is 5. The molecule has 0 radical (unpaired) electrons. The van der Waals surface area contributed by atoms with Crippen LogP contribution >= 0.6 is 11.6 Å². The molecule has 0 unspecified atom stereocenters. The predicted octanol–water partition coefficient (Wildman–Crippen LogP) is 1.59. The molecule has 1 amide bonds. The van der Waals surface area contributed by atoms with Crippen LogP contribution in [0.3, 0.4) is 0 Å². The van der Waals surface area contributed by atoms with Crippen LogP contribution in [0, 0.1) is 0 Å². The van der Waals surface area contributed by atoms with Gasteiger partial charge in [-0.05, 0) is 18.2 Å². The van der Waals surface area contributed by atoms with Crippen LogP contribution in [-0.2, 0) is 21.2 Å². The van der Waals surface area contributed by atoms with Crippen molar-refractivity contribution < 1.29 is 17.9 Å². The van der Waals surface area contributed by atoms with E-state index in [-0.39, 0.29) is 34.7 Å². The van der Waals surface area contributed by atoms with Crippen LogP contribution in [0.15, 0.2) is 41.4 Å². The highest BCUT2D eigenvalue weighted by Gasteiger charge is 2.24. The Morgan fingerprint density at radius 1 is 1.33 bits per heavy atom. The number of ether oxygens (including phenoxy) is 1. The molecule has 1 aliphatic heterocycles. The van der Waals surface area contributed by atoms with Crippen LogP contribution in [0.2, 0.25) is 5.02 Å². The highest BCUT2D eigenvalue weighted by Crippen LogP contribution is 2.35. The van der Waals surface area contributed by atoms with Gasteiger partial charge in [-0.2, -0.15) is 0 Å². The first-order chi connectivity index (χ1) is 11.5. The highest BCUT2D eigenvalue weighted by molar-refractivity contribution is 7.89. The molecule has 1 aliphatic rings. The maximum atomic E-state index is 12.4. The number of sulfonamides is 1. The van der Waals surface area contributed by atoms with Gasteiger partial charge in [0.05, 0.1) is 10.7 Å². The van der Waals surface area contributed by atoms with Gasteiger partial charge in [0.15, 0.2) is 6.61 Å². The molecule has 9 heteroatoms. The van der Waals surface area contributed by atoms with Crippen molar-refractivity contribution in [1.82, 2.24) is 9.71 Å². The van der Waals surface area contributed by atoms with E-state index in [4.69, 9.17) is 16.3 Å². The number of benzene rings is 1. The summed E-state index contributed by atoms with van der Waals surface area (Å²) in [5, 5.41) is 2.58. The first-order valence-corrected chi connectivity index (χ1v) is 8.97. The molecule has 7 nitrogen and oxygen atoms in total. The number of rotatable bonds is 5. The summed E-state index contributed by atoms with van der Waals surface area (Å²) in [6.45, 7) is 0.0194. The summed E-state index contributed by atoms with van der Waals surface area (Å²) in [6.07, 6.45) is 2.10. The van der Waals surface area contributed by atoms with E-state index in [2.05, 4.69) is 15.0 Å². The van der Waals surface area contributed by atoms with Gasteiger partial charge in [-0.1, -0.05) is 17.7 Å². The van der Waals surface area contributed by atoms with Crippen molar-refractivity contribution in [3.63, 3.8) is 0 Å². The second-order valence-electron chi connectivity index (χ2n) is 5.08. The Balaban J connectivity index is 1.76. The molecule has 0 saturated carbocycles. The minimum atomic E-state index is -3.81. The molecule has 0 spiro atoms. The minimum absolute atomic E-state index is 0.00452. The standard InChI is InChI=1S/C15H14ClN3O4S/c16-11-7-12-13(23-9-15(20)19-12)8-14(11)24(21,22)18-6-4-10-3-1-2-5-17-10/h1-3,5,7-8,18H,4,6,9H2,(H,19,20). The van der Waals surface area contributed by atoms with Crippen molar-refractivity contribution in [2.45, 2.75) is 11.3 Å². The molecule has 0 aliphatic carbocycles. The number of carbonyl (C=O) groups is 1. The average Bonchev–Trinajstić information content (AvgIpc) is 2.54. The van der Waals surface area contributed by atoms with E-state index >= 15 is 0 Å². The van der Waals surface area contributed by atoms with Crippen LogP contribution in [0.25, 0.3) is 0 Å². The highest BCUT2D eigenvalue weighted by atomic mass is 35.5. The Bertz CT molecular complexity index is 872. The maximum Gasteiger partial charge on any atom is 0.262 e. The molecule has 0 bridgehead atoms. The second-order valence-corrected chi connectivity index (χ2v) is 7.23. The van der Waals surface area contributed by atoms with Gasteiger partial charge < -0.3 is 10.1 Å². The van der Waals surface area contributed by atoms with Crippen molar-refractivity contribution in [3.05, 3.63) is 47.2 Å². The van der Waals surface area contributed by atoms with Crippen LogP contribution < -0.4 is 14.8 Å². The molecular formula is C15H14ClN3O4S. The predicted molar refractivity (Wildman–Crippen MR) is 88.7 cm³/mol. The van der Waals surface area contributed by atoms with E-state index < -0.39 is 10.0 Å². The van der Waals surface area contributed by atoms with Gasteiger partial charge in [-0.15, -0.1) is 0 Å². The topological polar surface area (TPSA) is 97.4 Å². The van der Waals surface area contributed by atoms with Crippen molar-refractivity contribution in [2.75, 3.05) is 18.5 Å². The summed E-state index contributed by atoms with van der Waals surface area (Å²) in [5.74, 6) is -0.0493. The summed E-state index contributed by atoms with van der Waals surface area (Å²) in [5.41, 5.74) is 1.13. The average molecular weight is 368 g/mol. The van der Waals surface area contributed by atoms with Gasteiger partial charge >= 0.3 is 0 Å². The Morgan fingerprint density at radius 3 is 2.92 bits per heavy atom. The molecule has 1 aromatic carbocycles. The molecule has 0 atom stereocenters. The molecule has 126 valence electrons. The first-order valence-electron chi connectivity index (χ1n) is 7.11. The van der Waals surface area contributed by atoms with Gasteiger partial charge in [0.25, 0.3) is 5.91 Å². The van der Waals surface area contributed by atoms with Gasteiger partial charge in [0, 0.05) is 30.9 Å². The summed E-state index contributed by atoms with van der Waals surface area (Å²) in [4.78, 5) is 15.3. The third-order valence-corrected chi connectivity index (χ3v) is 5.28. The number of halogens is 1. The fraction of sp³-hybridized carbons (Fsp3) is 0.200. The molecule has 24 heavy (non-hydrogen) atoms. The molecular weight excluding hydrogens is 354 g/mol. The Labute approximate surface area is 144 Å². The number of fused-ring (bicyclic) bond motifs is 1. The zero-order valence-electron chi connectivity index (χ0n) is 12.5. The Kier molecular flexibility index (Phi) is 4.70. The summed E-state index contributed by atoms with van der Waals surface area (Å²) >= 11 is 6.05. The number of pyridine rings is 1. The van der Waals surface area contributed by atoms with E-state index in [0.29, 0.717) is 12.1 Å². The lowest BCUT2D eigenvalue weighted by Gasteiger charge is -2.19. The fourth-order valence-electron chi connectivity index (χ4n) is 2.22. The molecule has 1 aromatic heterocycles. The van der Waals surface area contributed by atoms with Crippen LogP contribution in [0.4, 0.5) is 5.69 Å². The first kappa shape index (κ1) is 16.7. The van der Waals surface area contributed by atoms with Gasteiger partial charge in [-0.25, -0.2) is 13.1 Å². The molecule has 0 fully saturated rings. The zero-order chi connectivity index (χ0) is 17.2. The van der Waals surface area contributed by atoms with Crippen LogP contribution in [0.1, 0.15) is 5.69 Å². The van der Waals surface area contributed by atoms with Crippen LogP contribution in [-0.4, -0.2) is 32.5 Å². The van der Waals surface area contributed by atoms with E-state index in [0.717, 1.165) is 5.69 Å². The minimum Gasteiger partial charge on any atom is -0.482 e. The van der Waals surface area contributed by atoms with Gasteiger partial charge in [0.2, 0.25) is 10.0 Å². The molecule has 2 N–H and O–H groups in total. The number of amides is 1. The van der Waals surface area contributed by atoms with E-state index in [1.165, 1.54) is 12.1 Å². The largest absolute Gasteiger partial charge is 0.482 e. The molecule has 2 aromatic rings. The summed E-state index contributed by atoms with van der Waals surface area (Å²) in [6, 6.07) is 8.11. The number of aromatic nitrogens is 1. The van der Waals surface area contributed by atoms with Crippen LogP contribution in [0.5, 0.6) is 5.75 Å². The van der Waals surface area contributed by atoms with Crippen molar-refractivity contribution >= 4 is 33.2 Å². The van der Waals surface area contributed by atoms with Gasteiger partial charge in [0.1, 0.15) is 10.6 Å². The smallest absolute Gasteiger partial charge is 0.262 e. The van der Waals surface area contributed by atoms with E-state index in [1.807, 2.05) is 12.1 Å². The summed E-state index contributed by atoms with van der Waals surface area (Å²) < 4.78 is 32.6. The molecule has 0 saturated heterocycles. The van der Waals surface area contributed by atoms with Crippen molar-refractivity contribution in [2.24, 2.45) is 0 Å². The maximum absolute atomic E-state index is 12.4. The summed E-state index contributed by atoms with van der Waals surface area (Å²) in [7, 11) is -3.81.